The molecule has 0 radical (unpaired) electrons. The summed E-state index contributed by atoms with van der Waals surface area (Å²) < 4.78 is 39.8. The number of nitrogens with two attached hydrogens (primary N) is 1. The third kappa shape index (κ3) is 3.53. The van der Waals surface area contributed by atoms with E-state index in [0.717, 1.165) is 12.3 Å². The average Bonchev–Trinajstić information content (AvgIpc) is 2.42. The van der Waals surface area contributed by atoms with Gasteiger partial charge in [0.05, 0.1) is 15.7 Å². The van der Waals surface area contributed by atoms with E-state index < -0.39 is 15.8 Å². The van der Waals surface area contributed by atoms with Crippen molar-refractivity contribution >= 4 is 44.7 Å². The third-order valence-corrected chi connectivity index (χ3v) is 4.38. The SMILES string of the molecule is NNc1ncc(S(=O)(=O)Nc2ccc(Cl)c(F)c2)cc1Cl. The van der Waals surface area contributed by atoms with E-state index in [0.29, 0.717) is 0 Å². The van der Waals surface area contributed by atoms with Crippen LogP contribution in [0, 0.1) is 5.82 Å². The van der Waals surface area contributed by atoms with Crippen LogP contribution in [0.2, 0.25) is 10.0 Å². The first-order chi connectivity index (χ1) is 9.83. The Morgan fingerprint density at radius 2 is 1.90 bits per heavy atom. The molecule has 0 bridgehead atoms. The van der Waals surface area contributed by atoms with Crippen molar-refractivity contribution in [2.24, 2.45) is 5.84 Å². The van der Waals surface area contributed by atoms with E-state index in [9.17, 15) is 12.8 Å². The molecular weight excluding hydrogens is 342 g/mol. The van der Waals surface area contributed by atoms with Crippen molar-refractivity contribution in [3.8, 4) is 0 Å². The van der Waals surface area contributed by atoms with Gasteiger partial charge in [0.2, 0.25) is 0 Å². The summed E-state index contributed by atoms with van der Waals surface area (Å²) >= 11 is 11.3. The van der Waals surface area contributed by atoms with Gasteiger partial charge in [-0.05, 0) is 24.3 Å². The maximum atomic E-state index is 13.3. The van der Waals surface area contributed by atoms with Crippen molar-refractivity contribution in [1.82, 2.24) is 4.98 Å². The van der Waals surface area contributed by atoms with Gasteiger partial charge in [0, 0.05) is 6.20 Å². The van der Waals surface area contributed by atoms with Crippen LogP contribution < -0.4 is 16.0 Å². The number of sulfonamides is 1. The molecule has 2 aromatic rings. The predicted molar refractivity (Wildman–Crippen MR) is 79.3 cm³/mol. The molecule has 112 valence electrons. The standard InChI is InChI=1S/C11H9Cl2FN4O2S/c12-8-2-1-6(3-10(8)14)18-21(19,20)7-4-9(13)11(17-15)16-5-7/h1-5,18H,15H2,(H,16,17). The number of nitrogens with one attached hydrogen (secondary N) is 2. The van der Waals surface area contributed by atoms with Crippen LogP contribution in [0.3, 0.4) is 0 Å². The van der Waals surface area contributed by atoms with Gasteiger partial charge in [-0.3, -0.25) is 4.72 Å². The Labute approximate surface area is 130 Å². The lowest BCUT2D eigenvalue weighted by molar-refractivity contribution is 0.600. The van der Waals surface area contributed by atoms with E-state index in [1.165, 1.54) is 18.2 Å². The van der Waals surface area contributed by atoms with E-state index >= 15 is 0 Å². The van der Waals surface area contributed by atoms with Gasteiger partial charge >= 0.3 is 0 Å². The zero-order chi connectivity index (χ0) is 15.6. The minimum atomic E-state index is -3.97. The Hall–Kier alpha value is -1.61. The first-order valence-corrected chi connectivity index (χ1v) is 7.67. The van der Waals surface area contributed by atoms with Gasteiger partial charge in [0.25, 0.3) is 10.0 Å². The number of anilines is 2. The van der Waals surface area contributed by atoms with Crippen molar-refractivity contribution in [1.29, 1.82) is 0 Å². The summed E-state index contributed by atoms with van der Waals surface area (Å²) in [5.41, 5.74) is 2.24. The second kappa shape index (κ2) is 6.02. The van der Waals surface area contributed by atoms with Crippen LogP contribution in [-0.4, -0.2) is 13.4 Å². The molecule has 0 unspecified atom stereocenters. The number of nitrogen functional groups attached to an aromatic ring is 1. The molecule has 0 atom stereocenters. The fourth-order valence-corrected chi connectivity index (χ4v) is 2.87. The van der Waals surface area contributed by atoms with Gasteiger partial charge < -0.3 is 5.43 Å². The zero-order valence-corrected chi connectivity index (χ0v) is 12.6. The molecule has 0 amide bonds. The lowest BCUT2D eigenvalue weighted by atomic mass is 10.3. The highest BCUT2D eigenvalue weighted by atomic mass is 35.5. The summed E-state index contributed by atoms with van der Waals surface area (Å²) in [4.78, 5) is 3.56. The highest BCUT2D eigenvalue weighted by molar-refractivity contribution is 7.92. The molecule has 0 fully saturated rings. The van der Waals surface area contributed by atoms with E-state index in [1.54, 1.807) is 0 Å². The van der Waals surface area contributed by atoms with Crippen LogP contribution in [-0.2, 0) is 10.0 Å². The number of hydrazine groups is 1. The number of hydrogen-bond donors (Lipinski definition) is 3. The Bertz CT molecular complexity index is 786. The zero-order valence-electron chi connectivity index (χ0n) is 10.3. The first kappa shape index (κ1) is 15.8. The molecule has 0 aliphatic carbocycles. The van der Waals surface area contributed by atoms with Gasteiger partial charge in [-0.1, -0.05) is 23.2 Å². The minimum Gasteiger partial charge on any atom is -0.307 e. The number of benzene rings is 1. The van der Waals surface area contributed by atoms with Crippen LogP contribution in [0.1, 0.15) is 0 Å². The number of halogens is 3. The summed E-state index contributed by atoms with van der Waals surface area (Å²) in [7, 11) is -3.97. The molecule has 0 aliphatic rings. The van der Waals surface area contributed by atoms with Crippen LogP contribution in [0.25, 0.3) is 0 Å². The number of pyridine rings is 1. The Morgan fingerprint density at radius 1 is 1.19 bits per heavy atom. The van der Waals surface area contributed by atoms with Crippen molar-refractivity contribution < 1.29 is 12.8 Å². The normalized spacial score (nSPS) is 11.2. The van der Waals surface area contributed by atoms with Gasteiger partial charge in [-0.2, -0.15) is 0 Å². The molecule has 0 spiro atoms. The van der Waals surface area contributed by atoms with E-state index in [4.69, 9.17) is 29.0 Å². The smallest absolute Gasteiger partial charge is 0.263 e. The van der Waals surface area contributed by atoms with Gasteiger partial charge in [0.15, 0.2) is 5.82 Å². The largest absolute Gasteiger partial charge is 0.307 e. The first-order valence-electron chi connectivity index (χ1n) is 5.43. The number of hydrogen-bond acceptors (Lipinski definition) is 5. The molecule has 2 rings (SSSR count). The molecule has 4 N–H and O–H groups in total. The number of rotatable bonds is 4. The fraction of sp³-hybridized carbons (Fsp3) is 0. The molecule has 1 heterocycles. The summed E-state index contributed by atoms with van der Waals surface area (Å²) in [6.07, 6.45) is 1.07. The Morgan fingerprint density at radius 3 is 2.48 bits per heavy atom. The van der Waals surface area contributed by atoms with Crippen LogP contribution in [0.4, 0.5) is 15.9 Å². The Balaban J connectivity index is 2.33. The van der Waals surface area contributed by atoms with Gasteiger partial charge in [-0.15, -0.1) is 0 Å². The maximum absolute atomic E-state index is 13.3. The molecule has 6 nitrogen and oxygen atoms in total. The molecule has 21 heavy (non-hydrogen) atoms. The van der Waals surface area contributed by atoms with E-state index in [2.05, 4.69) is 15.1 Å². The third-order valence-electron chi connectivity index (χ3n) is 2.43. The van der Waals surface area contributed by atoms with Crippen LogP contribution in [0.15, 0.2) is 35.4 Å². The molecule has 10 heteroatoms. The Kier molecular flexibility index (Phi) is 4.52. The summed E-state index contributed by atoms with van der Waals surface area (Å²) in [6, 6.07) is 4.69. The molecule has 0 saturated carbocycles. The maximum Gasteiger partial charge on any atom is 0.263 e. The molecular formula is C11H9Cl2FN4O2S. The van der Waals surface area contributed by atoms with Gasteiger partial charge in [0.1, 0.15) is 10.7 Å². The molecule has 0 aliphatic heterocycles. The molecule has 1 aromatic carbocycles. The molecule has 1 aromatic heterocycles. The molecule has 0 saturated heterocycles. The predicted octanol–water partition coefficient (Wildman–Crippen LogP) is 2.61. The second-order valence-corrected chi connectivity index (χ2v) is 6.38. The number of nitrogens with zero attached hydrogens (tertiary/aromatic N) is 1. The van der Waals surface area contributed by atoms with E-state index in [-0.39, 0.29) is 26.4 Å². The number of aromatic nitrogens is 1. The summed E-state index contributed by atoms with van der Waals surface area (Å²) in [5, 5.41) is -0.0799. The summed E-state index contributed by atoms with van der Waals surface area (Å²) in [6.45, 7) is 0. The topological polar surface area (TPSA) is 97.1 Å². The van der Waals surface area contributed by atoms with Crippen molar-refractivity contribution in [3.63, 3.8) is 0 Å². The van der Waals surface area contributed by atoms with E-state index in [1.807, 2.05) is 0 Å². The van der Waals surface area contributed by atoms with Crippen molar-refractivity contribution in [3.05, 3.63) is 46.3 Å². The van der Waals surface area contributed by atoms with Crippen molar-refractivity contribution in [2.45, 2.75) is 4.90 Å². The van der Waals surface area contributed by atoms with Gasteiger partial charge in [-0.25, -0.2) is 23.6 Å². The fourth-order valence-electron chi connectivity index (χ4n) is 1.45. The lowest BCUT2D eigenvalue weighted by Gasteiger charge is -2.09. The average molecular weight is 351 g/mol. The monoisotopic (exact) mass is 350 g/mol. The quantitative estimate of drug-likeness (QED) is 0.581. The van der Waals surface area contributed by atoms with Crippen LogP contribution >= 0.6 is 23.2 Å². The minimum absolute atomic E-state index is 0.0223. The summed E-state index contributed by atoms with van der Waals surface area (Å²) in [5.74, 6) is 4.54. The second-order valence-electron chi connectivity index (χ2n) is 3.88. The highest BCUT2D eigenvalue weighted by Crippen LogP contribution is 2.24. The van der Waals surface area contributed by atoms with Crippen LogP contribution in [0.5, 0.6) is 0 Å². The van der Waals surface area contributed by atoms with Crippen molar-refractivity contribution in [2.75, 3.05) is 10.1 Å². The highest BCUT2D eigenvalue weighted by Gasteiger charge is 2.17. The lowest BCUT2D eigenvalue weighted by Crippen LogP contribution is -2.15.